The molecule has 3 nitrogen and oxygen atoms in total. The fraction of sp³-hybridized carbons (Fsp3) is 0.455. The number of nitrogens with zero attached hydrogens (tertiary/aromatic N) is 1. The molecule has 1 atom stereocenters. The average Bonchev–Trinajstić information content (AvgIpc) is 2.19. The molecule has 15 heavy (non-hydrogen) atoms. The molecule has 0 saturated heterocycles. The zero-order valence-electron chi connectivity index (χ0n) is 9.20. The average molecular weight is 228 g/mol. The summed E-state index contributed by atoms with van der Waals surface area (Å²) in [5.41, 5.74) is 13.9. The topological polar surface area (TPSA) is 55.3 Å². The summed E-state index contributed by atoms with van der Waals surface area (Å²) >= 11 is 6.11. The summed E-state index contributed by atoms with van der Waals surface area (Å²) < 4.78 is 0. The number of rotatable bonds is 4. The van der Waals surface area contributed by atoms with Crippen LogP contribution in [0, 0.1) is 0 Å². The zero-order valence-corrected chi connectivity index (χ0v) is 9.96. The number of hydrogen-bond donors (Lipinski definition) is 2. The zero-order chi connectivity index (χ0) is 11.4. The molecule has 0 amide bonds. The van der Waals surface area contributed by atoms with Gasteiger partial charge in [-0.05, 0) is 44.6 Å². The maximum absolute atomic E-state index is 6.11. The van der Waals surface area contributed by atoms with E-state index >= 15 is 0 Å². The Labute approximate surface area is 96.0 Å². The van der Waals surface area contributed by atoms with E-state index in [0.717, 1.165) is 12.8 Å². The van der Waals surface area contributed by atoms with Gasteiger partial charge in [0.15, 0.2) is 0 Å². The third-order valence-electron chi connectivity index (χ3n) is 2.38. The fourth-order valence-corrected chi connectivity index (χ4v) is 1.43. The number of nitrogen functional groups attached to an aromatic ring is 2. The maximum atomic E-state index is 6.11. The predicted octanol–water partition coefficient (Wildman–Crippen LogP) is 1.91. The van der Waals surface area contributed by atoms with Crippen LogP contribution < -0.4 is 11.5 Å². The highest BCUT2D eigenvalue weighted by molar-refractivity contribution is 6.20. The van der Waals surface area contributed by atoms with Crippen LogP contribution in [0.4, 0.5) is 11.4 Å². The first-order chi connectivity index (χ1) is 7.00. The molecule has 0 aliphatic rings. The highest BCUT2D eigenvalue weighted by Gasteiger charge is 2.07. The first-order valence-corrected chi connectivity index (χ1v) is 5.38. The molecule has 4 N–H and O–H groups in total. The molecule has 0 aliphatic heterocycles. The Morgan fingerprint density at radius 2 is 1.93 bits per heavy atom. The lowest BCUT2D eigenvalue weighted by molar-refractivity contribution is 0.361. The van der Waals surface area contributed by atoms with Crippen molar-refractivity contribution in [2.75, 3.05) is 25.6 Å². The van der Waals surface area contributed by atoms with Crippen LogP contribution in [0.5, 0.6) is 0 Å². The van der Waals surface area contributed by atoms with Crippen molar-refractivity contribution >= 4 is 23.0 Å². The summed E-state index contributed by atoms with van der Waals surface area (Å²) in [7, 11) is 3.93. The van der Waals surface area contributed by atoms with Crippen LogP contribution in [0.2, 0.25) is 0 Å². The monoisotopic (exact) mass is 227 g/mol. The first-order valence-electron chi connectivity index (χ1n) is 4.95. The number of hydrogen-bond acceptors (Lipinski definition) is 3. The van der Waals surface area contributed by atoms with Gasteiger partial charge in [-0.15, -0.1) is 11.6 Å². The van der Waals surface area contributed by atoms with Crippen molar-refractivity contribution in [2.24, 2.45) is 0 Å². The molecule has 84 valence electrons. The minimum absolute atomic E-state index is 0.0591. The van der Waals surface area contributed by atoms with Crippen molar-refractivity contribution in [1.82, 2.24) is 4.90 Å². The second-order valence-corrected chi connectivity index (χ2v) is 4.40. The van der Waals surface area contributed by atoms with Crippen LogP contribution in [0.15, 0.2) is 18.2 Å². The summed E-state index contributed by atoms with van der Waals surface area (Å²) in [6.45, 7) is 0. The molecule has 0 radical (unpaired) electrons. The summed E-state index contributed by atoms with van der Waals surface area (Å²) in [4.78, 5) is 1.99. The van der Waals surface area contributed by atoms with Crippen molar-refractivity contribution in [1.29, 1.82) is 0 Å². The van der Waals surface area contributed by atoms with Crippen LogP contribution >= 0.6 is 11.6 Å². The summed E-state index contributed by atoms with van der Waals surface area (Å²) in [5, 5.41) is 0. The molecular formula is C11H18ClN3. The van der Waals surface area contributed by atoms with Gasteiger partial charge in [0.25, 0.3) is 0 Å². The Balaban J connectivity index is 2.55. The van der Waals surface area contributed by atoms with E-state index in [2.05, 4.69) is 0 Å². The van der Waals surface area contributed by atoms with Crippen molar-refractivity contribution in [3.8, 4) is 0 Å². The number of benzene rings is 1. The van der Waals surface area contributed by atoms with Gasteiger partial charge in [-0.3, -0.25) is 4.90 Å². The molecule has 1 rings (SSSR count). The van der Waals surface area contributed by atoms with Crippen LogP contribution in [-0.2, 0) is 6.42 Å². The quantitative estimate of drug-likeness (QED) is 0.470. The normalized spacial score (nSPS) is 13.1. The first kappa shape index (κ1) is 12.1. The number of alkyl halides is 1. The van der Waals surface area contributed by atoms with E-state index in [1.807, 2.05) is 37.2 Å². The molecule has 0 heterocycles. The van der Waals surface area contributed by atoms with E-state index in [0.29, 0.717) is 11.4 Å². The van der Waals surface area contributed by atoms with Gasteiger partial charge in [0.2, 0.25) is 0 Å². The fourth-order valence-electron chi connectivity index (χ4n) is 1.32. The number of nitrogens with two attached hydrogens (primary N) is 2. The third kappa shape index (κ3) is 3.61. The third-order valence-corrected chi connectivity index (χ3v) is 2.99. The highest BCUT2D eigenvalue weighted by Crippen LogP contribution is 2.18. The van der Waals surface area contributed by atoms with Crippen molar-refractivity contribution < 1.29 is 0 Å². The SMILES string of the molecule is CN(C)C(Cl)CCc1ccc(N)c(N)c1. The molecule has 4 heteroatoms. The molecule has 0 aromatic heterocycles. The van der Waals surface area contributed by atoms with Gasteiger partial charge in [0.05, 0.1) is 16.9 Å². The van der Waals surface area contributed by atoms with Gasteiger partial charge in [0, 0.05) is 0 Å². The second kappa shape index (κ2) is 5.24. The molecule has 0 aliphatic carbocycles. The van der Waals surface area contributed by atoms with E-state index < -0.39 is 0 Å². The molecule has 1 aromatic rings. The number of halogens is 1. The van der Waals surface area contributed by atoms with Crippen LogP contribution in [0.3, 0.4) is 0 Å². The highest BCUT2D eigenvalue weighted by atomic mass is 35.5. The Hall–Kier alpha value is -0.930. The van der Waals surface area contributed by atoms with Crippen LogP contribution in [0.1, 0.15) is 12.0 Å². The minimum Gasteiger partial charge on any atom is -0.397 e. The van der Waals surface area contributed by atoms with Gasteiger partial charge in [-0.25, -0.2) is 0 Å². The molecule has 1 unspecified atom stereocenters. The lowest BCUT2D eigenvalue weighted by Gasteiger charge is -2.17. The van der Waals surface area contributed by atoms with E-state index in [-0.39, 0.29) is 5.50 Å². The van der Waals surface area contributed by atoms with Gasteiger partial charge in [-0.2, -0.15) is 0 Å². The summed E-state index contributed by atoms with van der Waals surface area (Å²) in [6, 6.07) is 5.74. The lowest BCUT2D eigenvalue weighted by Crippen LogP contribution is -2.22. The van der Waals surface area contributed by atoms with Gasteiger partial charge in [0.1, 0.15) is 0 Å². The van der Waals surface area contributed by atoms with E-state index in [9.17, 15) is 0 Å². The second-order valence-electron chi connectivity index (χ2n) is 3.90. The van der Waals surface area contributed by atoms with E-state index in [1.54, 1.807) is 0 Å². The maximum Gasteiger partial charge on any atom is 0.0848 e. The van der Waals surface area contributed by atoms with Crippen molar-refractivity contribution in [3.63, 3.8) is 0 Å². The summed E-state index contributed by atoms with van der Waals surface area (Å²) in [5.74, 6) is 0. The Bertz CT molecular complexity index is 326. The standard InChI is InChI=1S/C11H18ClN3/c1-15(2)11(12)6-4-8-3-5-9(13)10(14)7-8/h3,5,7,11H,4,6,13-14H2,1-2H3. The molecule has 1 aromatic carbocycles. The predicted molar refractivity (Wildman–Crippen MR) is 66.9 cm³/mol. The lowest BCUT2D eigenvalue weighted by atomic mass is 10.1. The molecule has 0 spiro atoms. The Kier molecular flexibility index (Phi) is 4.24. The minimum atomic E-state index is 0.0591. The molecular weight excluding hydrogens is 210 g/mol. The molecule has 0 fully saturated rings. The Morgan fingerprint density at radius 1 is 1.27 bits per heavy atom. The number of anilines is 2. The van der Waals surface area contributed by atoms with Crippen LogP contribution in [-0.4, -0.2) is 24.5 Å². The van der Waals surface area contributed by atoms with Gasteiger partial charge in [-0.1, -0.05) is 6.07 Å². The van der Waals surface area contributed by atoms with E-state index in [4.69, 9.17) is 23.1 Å². The number of aryl methyl sites for hydroxylation is 1. The smallest absolute Gasteiger partial charge is 0.0848 e. The molecule has 0 saturated carbocycles. The van der Waals surface area contributed by atoms with Gasteiger partial charge >= 0.3 is 0 Å². The largest absolute Gasteiger partial charge is 0.397 e. The Morgan fingerprint density at radius 3 is 2.47 bits per heavy atom. The van der Waals surface area contributed by atoms with E-state index in [1.165, 1.54) is 5.56 Å². The van der Waals surface area contributed by atoms with Gasteiger partial charge < -0.3 is 11.5 Å². The summed E-state index contributed by atoms with van der Waals surface area (Å²) in [6.07, 6.45) is 1.81. The molecule has 0 bridgehead atoms. The van der Waals surface area contributed by atoms with Crippen molar-refractivity contribution in [3.05, 3.63) is 23.8 Å². The van der Waals surface area contributed by atoms with Crippen molar-refractivity contribution in [2.45, 2.75) is 18.3 Å². The van der Waals surface area contributed by atoms with Crippen LogP contribution in [0.25, 0.3) is 0 Å².